The summed E-state index contributed by atoms with van der Waals surface area (Å²) in [4.78, 5) is 13.7. The van der Waals surface area contributed by atoms with Crippen molar-refractivity contribution in [3.05, 3.63) is 66.2 Å². The summed E-state index contributed by atoms with van der Waals surface area (Å²) in [6.45, 7) is 7.48. The molecule has 0 saturated heterocycles. The van der Waals surface area contributed by atoms with Crippen LogP contribution in [0.2, 0.25) is 0 Å². The van der Waals surface area contributed by atoms with Crippen LogP contribution in [0, 0.1) is 0 Å². The van der Waals surface area contributed by atoms with Crippen molar-refractivity contribution in [1.29, 1.82) is 0 Å². The molecular formula is C25H32N6O3. The maximum Gasteiger partial charge on any atom is 0.228 e. The van der Waals surface area contributed by atoms with Gasteiger partial charge in [-0.15, -0.1) is 0 Å². The first-order valence-electron chi connectivity index (χ1n) is 11.2. The van der Waals surface area contributed by atoms with E-state index >= 15 is 0 Å². The highest BCUT2D eigenvalue weighted by Crippen LogP contribution is 2.20. The first-order chi connectivity index (χ1) is 16.7. The van der Waals surface area contributed by atoms with Crippen LogP contribution >= 0.6 is 0 Å². The maximum atomic E-state index is 5.56. The fourth-order valence-electron chi connectivity index (χ4n) is 3.00. The third-order valence-electron chi connectivity index (χ3n) is 4.81. The molecule has 0 bridgehead atoms. The predicted molar refractivity (Wildman–Crippen MR) is 135 cm³/mol. The lowest BCUT2D eigenvalue weighted by Crippen LogP contribution is -2.16. The Balaban J connectivity index is 1.66. The minimum absolute atomic E-state index is 0.470. The van der Waals surface area contributed by atoms with Gasteiger partial charge < -0.3 is 30.6 Å². The van der Waals surface area contributed by atoms with E-state index < -0.39 is 0 Å². The number of benzene rings is 2. The maximum absolute atomic E-state index is 5.56. The van der Waals surface area contributed by atoms with Crippen LogP contribution in [0.25, 0.3) is 17.5 Å². The summed E-state index contributed by atoms with van der Waals surface area (Å²) in [7, 11) is 1.65. The summed E-state index contributed by atoms with van der Waals surface area (Å²) in [5.41, 5.74) is 8.39. The van der Waals surface area contributed by atoms with Crippen molar-refractivity contribution >= 4 is 18.0 Å². The molecule has 0 spiro atoms. The Kier molecular flexibility index (Phi) is 10.3. The van der Waals surface area contributed by atoms with Crippen molar-refractivity contribution in [3.63, 3.8) is 0 Å². The van der Waals surface area contributed by atoms with Crippen molar-refractivity contribution in [2.75, 3.05) is 57.3 Å². The lowest BCUT2D eigenvalue weighted by atomic mass is 10.1. The van der Waals surface area contributed by atoms with E-state index in [2.05, 4.69) is 32.2 Å². The van der Waals surface area contributed by atoms with Crippen LogP contribution in [0.15, 0.2) is 55.1 Å². The van der Waals surface area contributed by atoms with Gasteiger partial charge in [0.05, 0.1) is 33.5 Å². The van der Waals surface area contributed by atoms with Crippen LogP contribution in [-0.4, -0.2) is 61.6 Å². The number of nitrogens with two attached hydrogens (primary N) is 1. The standard InChI is InChI=1S/C25H32N6O3/c1-3-19-4-8-21(9-5-19)23-29-24(27-13-15-34-17-16-33-14-12-26)31-25(30-23)28-18-20-6-10-22(32-2)11-7-20/h3-11H,1,12-18,26H2,2H3,(H2,27,28,29,30,31). The van der Waals surface area contributed by atoms with E-state index in [9.17, 15) is 0 Å². The van der Waals surface area contributed by atoms with Crippen LogP contribution in [0.1, 0.15) is 11.1 Å². The second-order valence-corrected chi connectivity index (χ2v) is 7.27. The second kappa shape index (κ2) is 13.9. The molecule has 34 heavy (non-hydrogen) atoms. The molecule has 0 unspecified atom stereocenters. The van der Waals surface area contributed by atoms with Gasteiger partial charge in [-0.3, -0.25) is 0 Å². The van der Waals surface area contributed by atoms with Gasteiger partial charge in [-0.05, 0) is 23.3 Å². The van der Waals surface area contributed by atoms with Crippen molar-refractivity contribution < 1.29 is 14.2 Å². The molecular weight excluding hydrogens is 432 g/mol. The summed E-state index contributed by atoms with van der Waals surface area (Å²) < 4.78 is 16.1. The Morgan fingerprint density at radius 3 is 2.18 bits per heavy atom. The fraction of sp³-hybridized carbons (Fsp3) is 0.320. The molecule has 0 radical (unpaired) electrons. The lowest BCUT2D eigenvalue weighted by Gasteiger charge is -2.11. The zero-order valence-corrected chi connectivity index (χ0v) is 19.5. The number of hydrogen-bond acceptors (Lipinski definition) is 9. The molecule has 4 N–H and O–H groups in total. The second-order valence-electron chi connectivity index (χ2n) is 7.27. The number of anilines is 2. The van der Waals surface area contributed by atoms with E-state index in [0.29, 0.717) is 63.8 Å². The average molecular weight is 465 g/mol. The summed E-state index contributed by atoms with van der Waals surface area (Å²) in [6.07, 6.45) is 1.80. The monoisotopic (exact) mass is 464 g/mol. The minimum atomic E-state index is 0.470. The first kappa shape index (κ1) is 25.1. The van der Waals surface area contributed by atoms with Crippen LogP contribution in [0.5, 0.6) is 5.75 Å². The molecule has 0 atom stereocenters. The van der Waals surface area contributed by atoms with Gasteiger partial charge in [0.25, 0.3) is 0 Å². The average Bonchev–Trinajstić information content (AvgIpc) is 2.89. The zero-order valence-electron chi connectivity index (χ0n) is 19.5. The minimum Gasteiger partial charge on any atom is -0.497 e. The van der Waals surface area contributed by atoms with Crippen molar-refractivity contribution in [1.82, 2.24) is 15.0 Å². The highest BCUT2D eigenvalue weighted by atomic mass is 16.5. The third kappa shape index (κ3) is 8.11. The highest BCUT2D eigenvalue weighted by molar-refractivity contribution is 5.61. The number of hydrogen-bond donors (Lipinski definition) is 3. The van der Waals surface area contributed by atoms with Crippen molar-refractivity contribution in [3.8, 4) is 17.1 Å². The first-order valence-corrected chi connectivity index (χ1v) is 11.2. The van der Waals surface area contributed by atoms with Crippen molar-refractivity contribution in [2.24, 2.45) is 5.73 Å². The van der Waals surface area contributed by atoms with Gasteiger partial charge >= 0.3 is 0 Å². The Bertz CT molecular complexity index is 1010. The summed E-state index contributed by atoms with van der Waals surface area (Å²) >= 11 is 0. The lowest BCUT2D eigenvalue weighted by molar-refractivity contribution is 0.0547. The van der Waals surface area contributed by atoms with E-state index in [1.807, 2.05) is 48.5 Å². The fourth-order valence-corrected chi connectivity index (χ4v) is 3.00. The van der Waals surface area contributed by atoms with Crippen LogP contribution in [0.3, 0.4) is 0 Å². The molecule has 0 saturated carbocycles. The SMILES string of the molecule is C=Cc1ccc(-c2nc(NCCOCCOCCN)nc(NCc3ccc(OC)cc3)n2)cc1. The number of nitrogens with zero attached hydrogens (tertiary/aromatic N) is 3. The van der Waals surface area contributed by atoms with Crippen LogP contribution < -0.4 is 21.1 Å². The molecule has 0 fully saturated rings. The van der Waals surface area contributed by atoms with Gasteiger partial charge in [-0.1, -0.05) is 49.1 Å². The summed E-state index contributed by atoms with van der Waals surface area (Å²) in [5.74, 6) is 2.33. The topological polar surface area (TPSA) is 116 Å². The van der Waals surface area contributed by atoms with E-state index in [4.69, 9.17) is 19.9 Å². The van der Waals surface area contributed by atoms with Crippen molar-refractivity contribution in [2.45, 2.75) is 6.54 Å². The van der Waals surface area contributed by atoms with Gasteiger partial charge in [0.15, 0.2) is 5.82 Å². The van der Waals surface area contributed by atoms with Gasteiger partial charge in [-0.25, -0.2) is 0 Å². The molecule has 180 valence electrons. The Labute approximate surface area is 200 Å². The number of methoxy groups -OCH3 is 1. The molecule has 0 aliphatic carbocycles. The normalized spacial score (nSPS) is 10.6. The smallest absolute Gasteiger partial charge is 0.228 e. The molecule has 1 aromatic heterocycles. The summed E-state index contributed by atoms with van der Waals surface area (Å²) in [6, 6.07) is 15.7. The molecule has 0 aliphatic rings. The third-order valence-corrected chi connectivity index (χ3v) is 4.81. The number of aromatic nitrogens is 3. The molecule has 2 aromatic carbocycles. The molecule has 0 amide bonds. The van der Waals surface area contributed by atoms with Crippen LogP contribution in [0.4, 0.5) is 11.9 Å². The van der Waals surface area contributed by atoms with E-state index in [0.717, 1.165) is 22.4 Å². The predicted octanol–water partition coefficient (Wildman–Crippen LogP) is 3.21. The van der Waals surface area contributed by atoms with Gasteiger partial charge in [0, 0.05) is 25.2 Å². The van der Waals surface area contributed by atoms with Gasteiger partial charge in [-0.2, -0.15) is 15.0 Å². The Hall–Kier alpha value is -3.53. The number of nitrogens with one attached hydrogen (secondary N) is 2. The molecule has 1 heterocycles. The van der Waals surface area contributed by atoms with Crippen LogP contribution in [-0.2, 0) is 16.0 Å². The Morgan fingerprint density at radius 2 is 1.53 bits per heavy atom. The largest absolute Gasteiger partial charge is 0.497 e. The molecule has 9 heteroatoms. The van der Waals surface area contributed by atoms with Gasteiger partial charge in [0.2, 0.25) is 11.9 Å². The molecule has 0 aliphatic heterocycles. The Morgan fingerprint density at radius 1 is 0.853 bits per heavy atom. The zero-order chi connectivity index (χ0) is 24.0. The number of rotatable bonds is 15. The molecule has 3 rings (SSSR count). The highest BCUT2D eigenvalue weighted by Gasteiger charge is 2.09. The summed E-state index contributed by atoms with van der Waals surface area (Å²) in [5, 5.41) is 6.50. The quantitative estimate of drug-likeness (QED) is 0.292. The van der Waals surface area contributed by atoms with E-state index in [1.54, 1.807) is 13.2 Å². The van der Waals surface area contributed by atoms with E-state index in [1.165, 1.54) is 0 Å². The molecule has 9 nitrogen and oxygen atoms in total. The number of ether oxygens (including phenoxy) is 3. The van der Waals surface area contributed by atoms with E-state index in [-0.39, 0.29) is 0 Å². The molecule has 3 aromatic rings. The van der Waals surface area contributed by atoms with Gasteiger partial charge in [0.1, 0.15) is 5.75 Å².